The van der Waals surface area contributed by atoms with Crippen LogP contribution in [0.15, 0.2) is 54.6 Å². The van der Waals surface area contributed by atoms with Crippen molar-refractivity contribution in [1.82, 2.24) is 0 Å². The number of para-hydroxylation sites is 2. The zero-order valence-electron chi connectivity index (χ0n) is 11.9. The van der Waals surface area contributed by atoms with Crippen LogP contribution in [0.4, 0.5) is 0 Å². The quantitative estimate of drug-likeness (QED) is 0.846. The smallest absolute Gasteiger partial charge is 0.333 e. The normalized spacial score (nSPS) is 11.9. The Kier molecular flexibility index (Phi) is 5.35. The molecule has 0 aliphatic carbocycles. The zero-order valence-corrected chi connectivity index (χ0v) is 11.9. The molecule has 0 unspecified atom stereocenters. The van der Waals surface area contributed by atoms with E-state index in [1.807, 2.05) is 54.6 Å². The fraction of sp³-hybridized carbons (Fsp3) is 0.235. The van der Waals surface area contributed by atoms with Crippen LogP contribution < -0.4 is 4.74 Å². The van der Waals surface area contributed by atoms with Gasteiger partial charge in [-0.25, -0.2) is 4.79 Å². The lowest BCUT2D eigenvalue weighted by molar-refractivity contribution is -0.149. The summed E-state index contributed by atoms with van der Waals surface area (Å²) in [6.45, 7) is 2.14. The third-order valence-electron chi connectivity index (χ3n) is 2.99. The van der Waals surface area contributed by atoms with Gasteiger partial charge in [0.05, 0.1) is 0 Å². The molecule has 0 saturated carbocycles. The van der Waals surface area contributed by atoms with Crippen molar-refractivity contribution in [1.29, 1.82) is 0 Å². The minimum atomic E-state index is -0.966. The molecular weight excluding hydrogens is 268 g/mol. The first-order chi connectivity index (χ1) is 10.2. The van der Waals surface area contributed by atoms with E-state index >= 15 is 0 Å². The highest BCUT2D eigenvalue weighted by atomic mass is 16.5. The first kappa shape index (κ1) is 15.1. The molecule has 0 amide bonds. The number of rotatable bonds is 7. The lowest BCUT2D eigenvalue weighted by Crippen LogP contribution is -2.26. The summed E-state index contributed by atoms with van der Waals surface area (Å²) in [6.07, 6.45) is -0.595. The number of carboxylic acids is 1. The Morgan fingerprint density at radius 3 is 2.43 bits per heavy atom. The molecule has 0 aliphatic heterocycles. The van der Waals surface area contributed by atoms with Gasteiger partial charge in [0.2, 0.25) is 0 Å². The van der Waals surface area contributed by atoms with Gasteiger partial charge in [0.15, 0.2) is 6.10 Å². The van der Waals surface area contributed by atoms with E-state index in [0.717, 1.165) is 5.56 Å². The van der Waals surface area contributed by atoms with Crippen LogP contribution in [0.3, 0.4) is 0 Å². The van der Waals surface area contributed by atoms with Crippen molar-refractivity contribution in [2.24, 2.45) is 0 Å². The van der Waals surface area contributed by atoms with Crippen molar-refractivity contribution < 1.29 is 19.4 Å². The van der Waals surface area contributed by atoms with Crippen LogP contribution in [-0.4, -0.2) is 23.8 Å². The Labute approximate surface area is 123 Å². The second kappa shape index (κ2) is 7.45. The minimum Gasteiger partial charge on any atom is -0.479 e. The summed E-state index contributed by atoms with van der Waals surface area (Å²) in [7, 11) is 0. The van der Waals surface area contributed by atoms with Crippen molar-refractivity contribution in [2.75, 3.05) is 6.61 Å². The summed E-state index contributed by atoms with van der Waals surface area (Å²) in [4.78, 5) is 11.2. The van der Waals surface area contributed by atoms with E-state index in [9.17, 15) is 9.90 Å². The van der Waals surface area contributed by atoms with Gasteiger partial charge in [0, 0.05) is 13.0 Å². The molecule has 0 heterocycles. The average Bonchev–Trinajstić information content (AvgIpc) is 2.49. The van der Waals surface area contributed by atoms with E-state index < -0.39 is 12.1 Å². The highest BCUT2D eigenvalue weighted by molar-refractivity contribution is 5.73. The predicted octanol–water partition coefficient (Wildman–Crippen LogP) is 3.51. The molecule has 0 spiro atoms. The third-order valence-corrected chi connectivity index (χ3v) is 2.99. The molecule has 0 radical (unpaired) electrons. The van der Waals surface area contributed by atoms with Crippen molar-refractivity contribution in [3.63, 3.8) is 0 Å². The topological polar surface area (TPSA) is 55.8 Å². The Bertz CT molecular complexity index is 580. The summed E-state index contributed by atoms with van der Waals surface area (Å²) >= 11 is 0. The van der Waals surface area contributed by atoms with E-state index in [2.05, 4.69) is 0 Å². The molecule has 1 N–H and O–H groups in total. The molecule has 21 heavy (non-hydrogen) atoms. The van der Waals surface area contributed by atoms with Gasteiger partial charge in [-0.15, -0.1) is 0 Å². The van der Waals surface area contributed by atoms with E-state index in [0.29, 0.717) is 18.1 Å². The van der Waals surface area contributed by atoms with Gasteiger partial charge in [-0.05, 0) is 30.7 Å². The molecule has 0 saturated heterocycles. The third kappa shape index (κ3) is 4.33. The highest BCUT2D eigenvalue weighted by Gasteiger charge is 2.20. The van der Waals surface area contributed by atoms with Crippen LogP contribution >= 0.6 is 0 Å². The summed E-state index contributed by atoms with van der Waals surface area (Å²) in [5, 5.41) is 9.18. The second-order valence-electron chi connectivity index (χ2n) is 4.51. The molecule has 0 aromatic heterocycles. The second-order valence-corrected chi connectivity index (χ2v) is 4.51. The average molecular weight is 286 g/mol. The molecule has 0 bridgehead atoms. The number of carbonyl (C=O) groups is 1. The molecule has 110 valence electrons. The lowest BCUT2D eigenvalue weighted by atomic mass is 10.1. The summed E-state index contributed by atoms with van der Waals surface area (Å²) < 4.78 is 11.1. The number of hydrogen-bond acceptors (Lipinski definition) is 3. The molecular formula is C17H18O4. The molecule has 2 aromatic rings. The minimum absolute atomic E-state index is 0.270. The van der Waals surface area contributed by atoms with Crippen LogP contribution in [0.25, 0.3) is 0 Å². The van der Waals surface area contributed by atoms with Crippen LogP contribution in [0, 0.1) is 0 Å². The highest BCUT2D eigenvalue weighted by Crippen LogP contribution is 2.26. The van der Waals surface area contributed by atoms with Gasteiger partial charge in [-0.3, -0.25) is 0 Å². The fourth-order valence-corrected chi connectivity index (χ4v) is 2.01. The van der Waals surface area contributed by atoms with Crippen LogP contribution in [-0.2, 0) is 16.0 Å². The Morgan fingerprint density at radius 1 is 1.10 bits per heavy atom. The fourth-order valence-electron chi connectivity index (χ4n) is 2.01. The Morgan fingerprint density at radius 2 is 1.76 bits per heavy atom. The first-order valence-electron chi connectivity index (χ1n) is 6.86. The van der Waals surface area contributed by atoms with Gasteiger partial charge in [-0.2, -0.15) is 0 Å². The van der Waals surface area contributed by atoms with Crippen LogP contribution in [0.2, 0.25) is 0 Å². The van der Waals surface area contributed by atoms with E-state index in [-0.39, 0.29) is 6.42 Å². The number of ether oxygens (including phenoxy) is 2. The van der Waals surface area contributed by atoms with Gasteiger partial charge < -0.3 is 14.6 Å². The van der Waals surface area contributed by atoms with E-state index in [4.69, 9.17) is 9.47 Å². The van der Waals surface area contributed by atoms with Crippen LogP contribution in [0.1, 0.15) is 12.5 Å². The largest absolute Gasteiger partial charge is 0.479 e. The van der Waals surface area contributed by atoms with Crippen molar-refractivity contribution >= 4 is 5.97 Å². The maximum Gasteiger partial charge on any atom is 0.333 e. The summed E-state index contributed by atoms with van der Waals surface area (Å²) in [5.41, 5.74) is 0.808. The number of aliphatic carboxylic acids is 1. The zero-order chi connectivity index (χ0) is 15.1. The van der Waals surface area contributed by atoms with Gasteiger partial charge in [0.1, 0.15) is 11.5 Å². The van der Waals surface area contributed by atoms with Gasteiger partial charge in [0.25, 0.3) is 0 Å². The van der Waals surface area contributed by atoms with E-state index in [1.165, 1.54) is 0 Å². The monoisotopic (exact) mass is 286 g/mol. The molecule has 2 rings (SSSR count). The maximum absolute atomic E-state index is 11.2. The molecule has 4 nitrogen and oxygen atoms in total. The van der Waals surface area contributed by atoms with Gasteiger partial charge in [-0.1, -0.05) is 36.4 Å². The number of hydrogen-bond donors (Lipinski definition) is 1. The van der Waals surface area contributed by atoms with Crippen molar-refractivity contribution in [3.8, 4) is 11.5 Å². The number of carboxylic acid groups (broad SMARTS) is 1. The van der Waals surface area contributed by atoms with Gasteiger partial charge >= 0.3 is 5.97 Å². The Hall–Kier alpha value is -2.33. The number of benzene rings is 2. The van der Waals surface area contributed by atoms with Crippen LogP contribution in [0.5, 0.6) is 11.5 Å². The Balaban J connectivity index is 2.18. The molecule has 4 heteroatoms. The summed E-state index contributed by atoms with van der Waals surface area (Å²) in [5.74, 6) is 0.397. The molecule has 0 fully saturated rings. The standard InChI is InChI=1S/C17H18O4/c1-2-20-16(17(18)19)12-13-8-6-7-11-15(13)21-14-9-4-3-5-10-14/h3-11,16H,2,12H2,1H3,(H,18,19)/t16-/m0/s1. The lowest BCUT2D eigenvalue weighted by Gasteiger charge is -2.15. The first-order valence-corrected chi connectivity index (χ1v) is 6.86. The molecule has 1 atom stereocenters. The SMILES string of the molecule is CCO[C@@H](Cc1ccccc1Oc1ccccc1)C(=O)O. The predicted molar refractivity (Wildman–Crippen MR) is 79.7 cm³/mol. The van der Waals surface area contributed by atoms with Crippen molar-refractivity contribution in [2.45, 2.75) is 19.4 Å². The summed E-state index contributed by atoms with van der Waals surface area (Å²) in [6, 6.07) is 16.8. The van der Waals surface area contributed by atoms with E-state index in [1.54, 1.807) is 6.92 Å². The van der Waals surface area contributed by atoms with Crippen molar-refractivity contribution in [3.05, 3.63) is 60.2 Å². The molecule has 0 aliphatic rings. The molecule has 2 aromatic carbocycles. The maximum atomic E-state index is 11.2.